The van der Waals surface area contributed by atoms with Gasteiger partial charge < -0.3 is 10.2 Å². The molecule has 0 saturated heterocycles. The molecule has 1 rings (SSSR count). The highest BCUT2D eigenvalue weighted by molar-refractivity contribution is 4.89. The summed E-state index contributed by atoms with van der Waals surface area (Å²) >= 11 is 0. The average molecular weight is 254 g/mol. The van der Waals surface area contributed by atoms with E-state index in [0.29, 0.717) is 5.41 Å². The van der Waals surface area contributed by atoms with Crippen molar-refractivity contribution in [1.29, 1.82) is 0 Å². The van der Waals surface area contributed by atoms with E-state index < -0.39 is 0 Å². The van der Waals surface area contributed by atoms with E-state index in [2.05, 4.69) is 38.0 Å². The smallest absolute Gasteiger partial charge is 0.00472 e. The van der Waals surface area contributed by atoms with Crippen molar-refractivity contribution in [1.82, 2.24) is 10.2 Å². The third kappa shape index (κ3) is 5.27. The zero-order valence-electron chi connectivity index (χ0n) is 13.1. The van der Waals surface area contributed by atoms with Gasteiger partial charge in [-0.25, -0.2) is 0 Å². The Kier molecular flexibility index (Phi) is 7.25. The van der Waals surface area contributed by atoms with Crippen LogP contribution >= 0.6 is 0 Å². The molecule has 2 nitrogen and oxygen atoms in total. The summed E-state index contributed by atoms with van der Waals surface area (Å²) in [5.74, 6) is 0.914. The van der Waals surface area contributed by atoms with Gasteiger partial charge >= 0.3 is 0 Å². The Labute approximate surface area is 115 Å². The van der Waals surface area contributed by atoms with E-state index >= 15 is 0 Å². The van der Waals surface area contributed by atoms with Crippen molar-refractivity contribution in [2.24, 2.45) is 11.3 Å². The van der Waals surface area contributed by atoms with Crippen molar-refractivity contribution >= 4 is 0 Å². The second-order valence-corrected chi connectivity index (χ2v) is 6.57. The zero-order valence-corrected chi connectivity index (χ0v) is 13.1. The molecule has 0 heterocycles. The van der Waals surface area contributed by atoms with Gasteiger partial charge in [-0.1, -0.05) is 40.0 Å². The number of nitrogens with one attached hydrogen (secondary N) is 1. The van der Waals surface area contributed by atoms with Crippen LogP contribution in [-0.4, -0.2) is 38.1 Å². The van der Waals surface area contributed by atoms with Gasteiger partial charge in [-0.15, -0.1) is 0 Å². The van der Waals surface area contributed by atoms with Crippen LogP contribution in [0.5, 0.6) is 0 Å². The van der Waals surface area contributed by atoms with E-state index in [1.165, 1.54) is 58.2 Å². The van der Waals surface area contributed by atoms with Gasteiger partial charge in [0.15, 0.2) is 0 Å². The van der Waals surface area contributed by atoms with Gasteiger partial charge in [-0.2, -0.15) is 0 Å². The van der Waals surface area contributed by atoms with Gasteiger partial charge in [-0.3, -0.25) is 0 Å². The minimum atomic E-state index is 0.538. The molecular formula is C16H34N2. The molecular weight excluding hydrogens is 220 g/mol. The Bertz CT molecular complexity index is 217. The molecule has 0 radical (unpaired) electrons. The predicted molar refractivity (Wildman–Crippen MR) is 81.0 cm³/mol. The predicted octanol–water partition coefficient (Wildman–Crippen LogP) is 3.52. The van der Waals surface area contributed by atoms with Gasteiger partial charge in [0.2, 0.25) is 0 Å². The number of rotatable bonds is 8. The van der Waals surface area contributed by atoms with Crippen LogP contribution in [0, 0.1) is 11.3 Å². The van der Waals surface area contributed by atoms with Crippen molar-refractivity contribution < 1.29 is 0 Å². The number of hydrogen-bond acceptors (Lipinski definition) is 2. The second-order valence-electron chi connectivity index (χ2n) is 6.57. The first-order valence-electron chi connectivity index (χ1n) is 8.01. The van der Waals surface area contributed by atoms with Crippen LogP contribution in [0.25, 0.3) is 0 Å². The molecule has 0 aliphatic heterocycles. The molecule has 0 aromatic carbocycles. The molecule has 0 spiro atoms. The Balaban J connectivity index is 2.53. The molecule has 1 aliphatic carbocycles. The van der Waals surface area contributed by atoms with E-state index in [4.69, 9.17) is 0 Å². The van der Waals surface area contributed by atoms with Gasteiger partial charge in [0, 0.05) is 13.1 Å². The normalized spacial score (nSPS) is 28.8. The third-order valence-electron chi connectivity index (χ3n) is 4.43. The third-order valence-corrected chi connectivity index (χ3v) is 4.43. The fraction of sp³-hybridized carbons (Fsp3) is 1.00. The van der Waals surface area contributed by atoms with E-state index in [0.717, 1.165) is 12.5 Å². The topological polar surface area (TPSA) is 15.3 Å². The van der Waals surface area contributed by atoms with Crippen molar-refractivity contribution in [3.8, 4) is 0 Å². The van der Waals surface area contributed by atoms with Crippen LogP contribution < -0.4 is 5.32 Å². The molecule has 2 atom stereocenters. The first-order chi connectivity index (χ1) is 8.62. The summed E-state index contributed by atoms with van der Waals surface area (Å²) in [6, 6.07) is 0. The molecule has 1 fully saturated rings. The highest BCUT2D eigenvalue weighted by Crippen LogP contribution is 2.39. The fourth-order valence-electron chi connectivity index (χ4n) is 3.60. The summed E-state index contributed by atoms with van der Waals surface area (Å²) in [6.45, 7) is 11.8. The lowest BCUT2D eigenvalue weighted by atomic mass is 9.69. The largest absolute Gasteiger partial charge is 0.316 e. The van der Waals surface area contributed by atoms with E-state index in [1.54, 1.807) is 0 Å². The molecule has 0 aromatic rings. The van der Waals surface area contributed by atoms with E-state index in [1.807, 2.05) is 0 Å². The molecule has 1 aliphatic rings. The molecule has 0 amide bonds. The number of unbranched alkanes of at least 4 members (excludes halogenated alkanes) is 1. The summed E-state index contributed by atoms with van der Waals surface area (Å²) in [5.41, 5.74) is 0.538. The molecule has 2 heteroatoms. The van der Waals surface area contributed by atoms with Gasteiger partial charge in [0.25, 0.3) is 0 Å². The van der Waals surface area contributed by atoms with Crippen molar-refractivity contribution in [2.45, 2.75) is 59.3 Å². The van der Waals surface area contributed by atoms with Crippen molar-refractivity contribution in [3.05, 3.63) is 0 Å². The molecule has 108 valence electrons. The van der Waals surface area contributed by atoms with E-state index in [9.17, 15) is 0 Å². The molecule has 0 aromatic heterocycles. The molecule has 1 saturated carbocycles. The SMILES string of the molecule is CCCCN(C)CC1(CNCC)CCCC(C)C1. The summed E-state index contributed by atoms with van der Waals surface area (Å²) in [7, 11) is 2.31. The first kappa shape index (κ1) is 16.0. The maximum Gasteiger partial charge on any atom is 0.00472 e. The van der Waals surface area contributed by atoms with Crippen LogP contribution in [-0.2, 0) is 0 Å². The number of hydrogen-bond donors (Lipinski definition) is 1. The van der Waals surface area contributed by atoms with Gasteiger partial charge in [0.1, 0.15) is 0 Å². The Hall–Kier alpha value is -0.0800. The van der Waals surface area contributed by atoms with Crippen molar-refractivity contribution in [3.63, 3.8) is 0 Å². The minimum Gasteiger partial charge on any atom is -0.316 e. The molecule has 2 unspecified atom stereocenters. The summed E-state index contributed by atoms with van der Waals surface area (Å²) < 4.78 is 0. The van der Waals surface area contributed by atoms with Crippen LogP contribution in [0.1, 0.15) is 59.3 Å². The van der Waals surface area contributed by atoms with Crippen molar-refractivity contribution in [2.75, 3.05) is 33.2 Å². The van der Waals surface area contributed by atoms with Crippen LogP contribution in [0.4, 0.5) is 0 Å². The standard InChI is InChI=1S/C16H34N2/c1-5-7-11-18(4)14-16(13-17-6-2)10-8-9-15(3)12-16/h15,17H,5-14H2,1-4H3. The molecule has 0 bridgehead atoms. The Morgan fingerprint density at radius 1 is 1.33 bits per heavy atom. The van der Waals surface area contributed by atoms with Crippen LogP contribution in [0.2, 0.25) is 0 Å². The second kappa shape index (κ2) is 8.16. The minimum absolute atomic E-state index is 0.538. The lowest BCUT2D eigenvalue weighted by Crippen LogP contribution is -2.46. The zero-order chi connectivity index (χ0) is 13.4. The van der Waals surface area contributed by atoms with Crippen LogP contribution in [0.15, 0.2) is 0 Å². The lowest BCUT2D eigenvalue weighted by Gasteiger charge is -2.43. The van der Waals surface area contributed by atoms with Crippen LogP contribution in [0.3, 0.4) is 0 Å². The Morgan fingerprint density at radius 3 is 2.72 bits per heavy atom. The van der Waals surface area contributed by atoms with Gasteiger partial charge in [-0.05, 0) is 50.7 Å². The first-order valence-corrected chi connectivity index (χ1v) is 8.01. The summed E-state index contributed by atoms with van der Waals surface area (Å²) in [4.78, 5) is 2.57. The molecule has 1 N–H and O–H groups in total. The summed E-state index contributed by atoms with van der Waals surface area (Å²) in [5, 5.41) is 3.61. The Morgan fingerprint density at radius 2 is 2.11 bits per heavy atom. The highest BCUT2D eigenvalue weighted by atomic mass is 15.1. The molecule has 18 heavy (non-hydrogen) atoms. The highest BCUT2D eigenvalue weighted by Gasteiger charge is 2.35. The average Bonchev–Trinajstić information content (AvgIpc) is 2.34. The fourth-order valence-corrected chi connectivity index (χ4v) is 3.60. The number of nitrogens with zero attached hydrogens (tertiary/aromatic N) is 1. The van der Waals surface area contributed by atoms with Gasteiger partial charge in [0.05, 0.1) is 0 Å². The monoisotopic (exact) mass is 254 g/mol. The lowest BCUT2D eigenvalue weighted by molar-refractivity contribution is 0.0918. The quantitative estimate of drug-likeness (QED) is 0.713. The maximum atomic E-state index is 3.61. The maximum absolute atomic E-state index is 3.61. The van der Waals surface area contributed by atoms with E-state index in [-0.39, 0.29) is 0 Å². The summed E-state index contributed by atoms with van der Waals surface area (Å²) in [6.07, 6.45) is 8.34.